The van der Waals surface area contributed by atoms with E-state index in [2.05, 4.69) is 10.6 Å². The van der Waals surface area contributed by atoms with Crippen LogP contribution in [0.3, 0.4) is 0 Å². The monoisotopic (exact) mass is 429 g/mol. The van der Waals surface area contributed by atoms with Gasteiger partial charge in [0.1, 0.15) is 11.8 Å². The van der Waals surface area contributed by atoms with Crippen molar-refractivity contribution in [3.05, 3.63) is 29.8 Å². The van der Waals surface area contributed by atoms with Crippen LogP contribution in [-0.4, -0.2) is 54.9 Å². The van der Waals surface area contributed by atoms with E-state index in [4.69, 9.17) is 4.74 Å². The number of hydrogen-bond donors (Lipinski definition) is 2. The molecular formula is C24H35N3O4. The fourth-order valence-electron chi connectivity index (χ4n) is 4.64. The Hall–Kier alpha value is -2.57. The van der Waals surface area contributed by atoms with Crippen LogP contribution in [-0.2, 0) is 20.8 Å². The summed E-state index contributed by atoms with van der Waals surface area (Å²) in [6.45, 7) is 2.78. The molecule has 0 radical (unpaired) electrons. The van der Waals surface area contributed by atoms with E-state index in [1.54, 1.807) is 7.11 Å². The van der Waals surface area contributed by atoms with E-state index in [1.807, 2.05) is 29.2 Å². The predicted molar refractivity (Wildman–Crippen MR) is 119 cm³/mol. The second-order valence-corrected chi connectivity index (χ2v) is 8.75. The Morgan fingerprint density at radius 3 is 2.45 bits per heavy atom. The summed E-state index contributed by atoms with van der Waals surface area (Å²) in [6.07, 6.45) is 7.45. The zero-order valence-electron chi connectivity index (χ0n) is 18.7. The molecule has 1 saturated carbocycles. The molecule has 7 heteroatoms. The van der Waals surface area contributed by atoms with Crippen molar-refractivity contribution < 1.29 is 19.1 Å². The second kappa shape index (κ2) is 11.2. The number of hydrogen-bond acceptors (Lipinski definition) is 4. The molecule has 170 valence electrons. The van der Waals surface area contributed by atoms with Gasteiger partial charge in [-0.2, -0.15) is 0 Å². The van der Waals surface area contributed by atoms with Crippen molar-refractivity contribution in [2.75, 3.05) is 20.2 Å². The Morgan fingerprint density at radius 2 is 1.81 bits per heavy atom. The molecule has 3 amide bonds. The van der Waals surface area contributed by atoms with Crippen LogP contribution >= 0.6 is 0 Å². The summed E-state index contributed by atoms with van der Waals surface area (Å²) in [5.74, 6) is 0.769. The average molecular weight is 430 g/mol. The van der Waals surface area contributed by atoms with Gasteiger partial charge < -0.3 is 20.3 Å². The number of rotatable bonds is 7. The molecule has 1 atom stereocenters. The first-order valence-corrected chi connectivity index (χ1v) is 11.5. The molecule has 0 bridgehead atoms. The SMILES string of the molecule is COc1cccc(CC(NC(C)=O)C(=O)NC2CCN(C(=O)C3CCCCC3)CC2)c1. The summed E-state index contributed by atoms with van der Waals surface area (Å²) < 4.78 is 5.25. The van der Waals surface area contributed by atoms with E-state index in [-0.39, 0.29) is 23.8 Å². The van der Waals surface area contributed by atoms with Gasteiger partial charge in [-0.3, -0.25) is 14.4 Å². The maximum atomic E-state index is 12.9. The summed E-state index contributed by atoms with van der Waals surface area (Å²) in [7, 11) is 1.60. The first kappa shape index (κ1) is 23.1. The molecule has 2 fully saturated rings. The first-order chi connectivity index (χ1) is 15.0. The van der Waals surface area contributed by atoms with Crippen LogP contribution in [0.5, 0.6) is 5.75 Å². The molecular weight excluding hydrogens is 394 g/mol. The van der Waals surface area contributed by atoms with Crippen molar-refractivity contribution in [3.63, 3.8) is 0 Å². The molecule has 0 spiro atoms. The molecule has 1 aromatic rings. The largest absolute Gasteiger partial charge is 0.497 e. The van der Waals surface area contributed by atoms with Gasteiger partial charge in [0.2, 0.25) is 17.7 Å². The van der Waals surface area contributed by atoms with Crippen LogP contribution in [0.2, 0.25) is 0 Å². The van der Waals surface area contributed by atoms with Gasteiger partial charge in [0.25, 0.3) is 0 Å². The highest BCUT2D eigenvalue weighted by Gasteiger charge is 2.30. The molecule has 1 heterocycles. The van der Waals surface area contributed by atoms with E-state index < -0.39 is 6.04 Å². The van der Waals surface area contributed by atoms with Crippen LogP contribution in [0, 0.1) is 5.92 Å². The lowest BCUT2D eigenvalue weighted by molar-refractivity contribution is -0.138. The first-order valence-electron chi connectivity index (χ1n) is 11.5. The minimum atomic E-state index is -0.647. The number of piperidine rings is 1. The number of carbonyl (C=O) groups is 3. The van der Waals surface area contributed by atoms with E-state index in [0.29, 0.717) is 25.4 Å². The molecule has 2 N–H and O–H groups in total. The van der Waals surface area contributed by atoms with Crippen molar-refractivity contribution in [2.24, 2.45) is 5.92 Å². The number of likely N-dealkylation sites (tertiary alicyclic amines) is 1. The predicted octanol–water partition coefficient (Wildman–Crippen LogP) is 2.43. The number of ether oxygens (including phenoxy) is 1. The molecule has 3 rings (SSSR count). The standard InChI is InChI=1S/C24H35N3O4/c1-17(28)25-22(16-18-7-6-10-21(15-18)31-2)23(29)26-20-11-13-27(14-12-20)24(30)19-8-4-3-5-9-19/h6-7,10,15,19-20,22H,3-5,8-9,11-14,16H2,1-2H3,(H,25,28)(H,26,29). The summed E-state index contributed by atoms with van der Waals surface area (Å²) in [6, 6.07) is 6.88. The van der Waals surface area contributed by atoms with Crippen molar-refractivity contribution >= 4 is 17.7 Å². The normalized spacial score (nSPS) is 18.8. The van der Waals surface area contributed by atoms with E-state index in [0.717, 1.165) is 49.8 Å². The highest BCUT2D eigenvalue weighted by Crippen LogP contribution is 2.26. The highest BCUT2D eigenvalue weighted by molar-refractivity contribution is 5.87. The van der Waals surface area contributed by atoms with Gasteiger partial charge in [-0.05, 0) is 43.4 Å². The topological polar surface area (TPSA) is 87.7 Å². The minimum absolute atomic E-state index is 0.0180. The maximum Gasteiger partial charge on any atom is 0.243 e. The lowest BCUT2D eigenvalue weighted by atomic mass is 9.87. The van der Waals surface area contributed by atoms with Crippen molar-refractivity contribution in [1.29, 1.82) is 0 Å². The fraction of sp³-hybridized carbons (Fsp3) is 0.625. The van der Waals surface area contributed by atoms with Crippen molar-refractivity contribution in [3.8, 4) is 5.75 Å². The van der Waals surface area contributed by atoms with Crippen LogP contribution in [0.1, 0.15) is 57.4 Å². The summed E-state index contributed by atoms with van der Waals surface area (Å²) >= 11 is 0. The van der Waals surface area contributed by atoms with Gasteiger partial charge >= 0.3 is 0 Å². The van der Waals surface area contributed by atoms with E-state index in [9.17, 15) is 14.4 Å². The Kier molecular flexibility index (Phi) is 8.32. The van der Waals surface area contributed by atoms with Gasteiger partial charge in [0, 0.05) is 38.4 Å². The third-order valence-corrected chi connectivity index (χ3v) is 6.38. The van der Waals surface area contributed by atoms with Crippen molar-refractivity contribution in [2.45, 2.75) is 70.4 Å². The number of benzene rings is 1. The van der Waals surface area contributed by atoms with Gasteiger partial charge in [-0.25, -0.2) is 0 Å². The third kappa shape index (κ3) is 6.71. The van der Waals surface area contributed by atoms with Gasteiger partial charge in [-0.1, -0.05) is 31.4 Å². The smallest absolute Gasteiger partial charge is 0.243 e. The average Bonchev–Trinajstić information content (AvgIpc) is 2.79. The van der Waals surface area contributed by atoms with Gasteiger partial charge in [0.15, 0.2) is 0 Å². The quantitative estimate of drug-likeness (QED) is 0.697. The van der Waals surface area contributed by atoms with Crippen LogP contribution in [0.25, 0.3) is 0 Å². The number of carbonyl (C=O) groups excluding carboxylic acids is 3. The zero-order valence-corrected chi connectivity index (χ0v) is 18.7. The van der Waals surface area contributed by atoms with Crippen molar-refractivity contribution in [1.82, 2.24) is 15.5 Å². The third-order valence-electron chi connectivity index (χ3n) is 6.38. The van der Waals surface area contributed by atoms with Gasteiger partial charge in [-0.15, -0.1) is 0 Å². The second-order valence-electron chi connectivity index (χ2n) is 8.75. The van der Waals surface area contributed by atoms with Crippen LogP contribution in [0.15, 0.2) is 24.3 Å². The van der Waals surface area contributed by atoms with Gasteiger partial charge in [0.05, 0.1) is 7.11 Å². The summed E-state index contributed by atoms with van der Waals surface area (Å²) in [5.41, 5.74) is 0.918. The minimum Gasteiger partial charge on any atom is -0.497 e. The highest BCUT2D eigenvalue weighted by atomic mass is 16.5. The molecule has 2 aliphatic rings. The number of amides is 3. The molecule has 31 heavy (non-hydrogen) atoms. The number of nitrogens with zero attached hydrogens (tertiary/aromatic N) is 1. The molecule has 1 saturated heterocycles. The Labute approximate surface area is 184 Å². The molecule has 1 unspecified atom stereocenters. The maximum absolute atomic E-state index is 12.9. The molecule has 1 aliphatic heterocycles. The fourth-order valence-corrected chi connectivity index (χ4v) is 4.64. The Morgan fingerprint density at radius 1 is 1.10 bits per heavy atom. The zero-order chi connectivity index (χ0) is 22.2. The Balaban J connectivity index is 1.53. The number of methoxy groups -OCH3 is 1. The lowest BCUT2D eigenvalue weighted by Gasteiger charge is -2.36. The lowest BCUT2D eigenvalue weighted by Crippen LogP contribution is -2.53. The molecule has 1 aromatic carbocycles. The van der Waals surface area contributed by atoms with Crippen LogP contribution < -0.4 is 15.4 Å². The number of nitrogens with one attached hydrogen (secondary N) is 2. The Bertz CT molecular complexity index is 768. The summed E-state index contributed by atoms with van der Waals surface area (Å²) in [5, 5.41) is 5.86. The summed E-state index contributed by atoms with van der Waals surface area (Å²) in [4.78, 5) is 39.3. The molecule has 7 nitrogen and oxygen atoms in total. The molecule has 0 aromatic heterocycles. The van der Waals surface area contributed by atoms with E-state index >= 15 is 0 Å². The van der Waals surface area contributed by atoms with E-state index in [1.165, 1.54) is 13.3 Å². The van der Waals surface area contributed by atoms with Crippen LogP contribution in [0.4, 0.5) is 0 Å². The molecule has 1 aliphatic carbocycles.